The molecule has 1 fully saturated rings. The summed E-state index contributed by atoms with van der Waals surface area (Å²) in [6, 6.07) is 1.27. The number of carbonyl (C=O) groups excluding carboxylic acids is 2. The van der Waals surface area contributed by atoms with Crippen LogP contribution in [0.3, 0.4) is 0 Å². The van der Waals surface area contributed by atoms with Crippen LogP contribution in [0.25, 0.3) is 0 Å². The number of esters is 1. The first-order valence-corrected chi connectivity index (χ1v) is 4.94. The predicted molar refractivity (Wildman–Crippen MR) is 51.5 cm³/mol. The topological polar surface area (TPSA) is 79.2 Å². The van der Waals surface area contributed by atoms with Gasteiger partial charge in [0.2, 0.25) is 5.91 Å². The molecule has 1 amide bonds. The Morgan fingerprint density at radius 3 is 2.60 bits per heavy atom. The lowest BCUT2D eigenvalue weighted by molar-refractivity contribution is -0.147. The van der Waals surface area contributed by atoms with Crippen molar-refractivity contribution in [3.8, 4) is 6.07 Å². The van der Waals surface area contributed by atoms with Gasteiger partial charge in [0.1, 0.15) is 11.5 Å². The van der Waals surface area contributed by atoms with Crippen LogP contribution in [0.4, 0.5) is 0 Å². The fourth-order valence-corrected chi connectivity index (χ4v) is 1.18. The van der Waals surface area contributed by atoms with Crippen LogP contribution in [0.2, 0.25) is 0 Å². The molecule has 0 aromatic carbocycles. The van der Waals surface area contributed by atoms with Gasteiger partial charge in [0.05, 0.1) is 12.7 Å². The standard InChI is InChI=1S/C10H14N2O3/c1-3-15-8(13)7(2)12-9(14)10(6-11)4-5-10/h7H,3-5H2,1-2H3,(H,12,14). The minimum absolute atomic E-state index is 0.280. The summed E-state index contributed by atoms with van der Waals surface area (Å²) in [7, 11) is 0. The summed E-state index contributed by atoms with van der Waals surface area (Å²) in [6.07, 6.45) is 1.15. The molecule has 1 aliphatic rings. The number of nitrogens with zero attached hydrogens (tertiary/aromatic N) is 1. The second kappa shape index (κ2) is 4.30. The van der Waals surface area contributed by atoms with Crippen LogP contribution in [-0.2, 0) is 14.3 Å². The van der Waals surface area contributed by atoms with Crippen molar-refractivity contribution < 1.29 is 14.3 Å². The Morgan fingerprint density at radius 2 is 2.20 bits per heavy atom. The van der Waals surface area contributed by atoms with Crippen LogP contribution in [0.1, 0.15) is 26.7 Å². The Labute approximate surface area is 88.4 Å². The van der Waals surface area contributed by atoms with E-state index in [1.807, 2.05) is 6.07 Å². The van der Waals surface area contributed by atoms with Crippen molar-refractivity contribution in [3.05, 3.63) is 0 Å². The van der Waals surface area contributed by atoms with Crippen molar-refractivity contribution in [3.63, 3.8) is 0 Å². The Bertz CT molecular complexity index is 315. The molecule has 0 radical (unpaired) electrons. The number of ether oxygens (including phenoxy) is 1. The largest absolute Gasteiger partial charge is 0.464 e. The van der Waals surface area contributed by atoms with Crippen LogP contribution in [0.5, 0.6) is 0 Å². The third-order valence-electron chi connectivity index (χ3n) is 2.39. The molecule has 1 aliphatic carbocycles. The zero-order valence-corrected chi connectivity index (χ0v) is 8.87. The minimum Gasteiger partial charge on any atom is -0.464 e. The summed E-state index contributed by atoms with van der Waals surface area (Å²) in [5.74, 6) is -0.842. The molecule has 1 unspecified atom stereocenters. The zero-order chi connectivity index (χ0) is 11.5. The maximum atomic E-state index is 11.5. The van der Waals surface area contributed by atoms with Crippen molar-refractivity contribution in [2.75, 3.05) is 6.61 Å². The molecule has 0 heterocycles. The molecule has 1 atom stereocenters. The number of rotatable bonds is 4. The quantitative estimate of drug-likeness (QED) is 0.679. The summed E-state index contributed by atoms with van der Waals surface area (Å²) in [4.78, 5) is 22.7. The van der Waals surface area contributed by atoms with E-state index in [0.29, 0.717) is 12.8 Å². The molecule has 5 nitrogen and oxygen atoms in total. The lowest BCUT2D eigenvalue weighted by Gasteiger charge is -2.14. The molecule has 1 N–H and O–H groups in total. The summed E-state index contributed by atoms with van der Waals surface area (Å²) in [6.45, 7) is 3.52. The van der Waals surface area contributed by atoms with E-state index in [2.05, 4.69) is 5.32 Å². The molecule has 0 aromatic rings. The van der Waals surface area contributed by atoms with Crippen molar-refractivity contribution in [1.29, 1.82) is 5.26 Å². The van der Waals surface area contributed by atoms with E-state index < -0.39 is 17.4 Å². The maximum absolute atomic E-state index is 11.5. The van der Waals surface area contributed by atoms with E-state index in [1.54, 1.807) is 13.8 Å². The van der Waals surface area contributed by atoms with Crippen LogP contribution >= 0.6 is 0 Å². The highest BCUT2D eigenvalue weighted by Crippen LogP contribution is 2.45. The van der Waals surface area contributed by atoms with E-state index in [1.165, 1.54) is 0 Å². The number of nitrogens with one attached hydrogen (secondary N) is 1. The average Bonchev–Trinajstić information content (AvgIpc) is 2.98. The normalized spacial score (nSPS) is 18.5. The number of hydrogen-bond donors (Lipinski definition) is 1. The number of amides is 1. The number of nitriles is 1. The predicted octanol–water partition coefficient (Wildman–Crippen LogP) is 0.358. The Balaban J connectivity index is 2.45. The monoisotopic (exact) mass is 210 g/mol. The van der Waals surface area contributed by atoms with Crippen molar-refractivity contribution in [2.45, 2.75) is 32.7 Å². The van der Waals surface area contributed by atoms with Crippen LogP contribution < -0.4 is 5.32 Å². The Kier molecular flexibility index (Phi) is 3.30. The zero-order valence-electron chi connectivity index (χ0n) is 8.87. The second-order valence-corrected chi connectivity index (χ2v) is 3.64. The lowest BCUT2D eigenvalue weighted by Crippen LogP contribution is -2.43. The third kappa shape index (κ3) is 2.46. The fourth-order valence-electron chi connectivity index (χ4n) is 1.18. The molecular weight excluding hydrogens is 196 g/mol. The summed E-state index contributed by atoms with van der Waals surface area (Å²) < 4.78 is 4.73. The molecular formula is C10H14N2O3. The van der Waals surface area contributed by atoms with Crippen LogP contribution in [-0.4, -0.2) is 24.5 Å². The first-order valence-electron chi connectivity index (χ1n) is 4.94. The second-order valence-electron chi connectivity index (χ2n) is 3.64. The molecule has 0 bridgehead atoms. The van der Waals surface area contributed by atoms with Gasteiger partial charge in [-0.05, 0) is 26.7 Å². The number of hydrogen-bond acceptors (Lipinski definition) is 4. The molecule has 0 saturated heterocycles. The van der Waals surface area contributed by atoms with Gasteiger partial charge in [-0.3, -0.25) is 4.79 Å². The first-order chi connectivity index (χ1) is 7.05. The minimum atomic E-state index is -0.888. The molecule has 0 aliphatic heterocycles. The van der Waals surface area contributed by atoms with E-state index in [-0.39, 0.29) is 12.5 Å². The summed E-state index contributed by atoms with van der Waals surface area (Å²) >= 11 is 0. The number of carbonyl (C=O) groups is 2. The summed E-state index contributed by atoms with van der Waals surface area (Å²) in [5, 5.41) is 11.2. The van der Waals surface area contributed by atoms with Crippen molar-refractivity contribution in [2.24, 2.45) is 5.41 Å². The van der Waals surface area contributed by atoms with Gasteiger partial charge in [0.15, 0.2) is 0 Å². The highest BCUT2D eigenvalue weighted by Gasteiger charge is 2.51. The average molecular weight is 210 g/mol. The van der Waals surface area contributed by atoms with Gasteiger partial charge in [-0.15, -0.1) is 0 Å². The molecule has 1 rings (SSSR count). The van der Waals surface area contributed by atoms with Crippen LogP contribution in [0, 0.1) is 16.7 Å². The van der Waals surface area contributed by atoms with Gasteiger partial charge < -0.3 is 10.1 Å². The van der Waals surface area contributed by atoms with E-state index in [4.69, 9.17) is 10.00 Å². The summed E-state index contributed by atoms with van der Waals surface area (Å²) in [5.41, 5.74) is -0.888. The van der Waals surface area contributed by atoms with E-state index >= 15 is 0 Å². The SMILES string of the molecule is CCOC(=O)C(C)NC(=O)C1(C#N)CC1. The lowest BCUT2D eigenvalue weighted by atomic mass is 10.1. The van der Waals surface area contributed by atoms with Crippen molar-refractivity contribution >= 4 is 11.9 Å². The molecule has 15 heavy (non-hydrogen) atoms. The Hall–Kier alpha value is -1.57. The smallest absolute Gasteiger partial charge is 0.328 e. The van der Waals surface area contributed by atoms with Crippen LogP contribution in [0.15, 0.2) is 0 Å². The van der Waals surface area contributed by atoms with Gasteiger partial charge in [0.25, 0.3) is 0 Å². The van der Waals surface area contributed by atoms with Crippen molar-refractivity contribution in [1.82, 2.24) is 5.32 Å². The van der Waals surface area contributed by atoms with Gasteiger partial charge in [-0.2, -0.15) is 5.26 Å². The van der Waals surface area contributed by atoms with Gasteiger partial charge in [-0.1, -0.05) is 0 Å². The van der Waals surface area contributed by atoms with E-state index in [0.717, 1.165) is 0 Å². The van der Waals surface area contributed by atoms with Gasteiger partial charge in [-0.25, -0.2) is 4.79 Å². The van der Waals surface area contributed by atoms with Gasteiger partial charge in [0, 0.05) is 0 Å². The molecule has 82 valence electrons. The van der Waals surface area contributed by atoms with Gasteiger partial charge >= 0.3 is 5.97 Å². The van der Waals surface area contributed by atoms with E-state index in [9.17, 15) is 9.59 Å². The maximum Gasteiger partial charge on any atom is 0.328 e. The molecule has 0 spiro atoms. The Morgan fingerprint density at radius 1 is 1.60 bits per heavy atom. The highest BCUT2D eigenvalue weighted by atomic mass is 16.5. The molecule has 5 heteroatoms. The third-order valence-corrected chi connectivity index (χ3v) is 2.39. The fraction of sp³-hybridized carbons (Fsp3) is 0.700. The molecule has 1 saturated carbocycles. The molecule has 0 aromatic heterocycles. The highest BCUT2D eigenvalue weighted by molar-refractivity contribution is 5.91. The first kappa shape index (κ1) is 11.5.